The van der Waals surface area contributed by atoms with E-state index in [2.05, 4.69) is 41.9 Å². The van der Waals surface area contributed by atoms with E-state index in [1.807, 2.05) is 43.3 Å². The minimum atomic E-state index is -0.914. The average Bonchev–Trinajstić information content (AvgIpc) is 3.56. The molecule has 1 aliphatic heterocycles. The largest absolute Gasteiger partial charge is 0.506 e. The number of rotatable bonds is 5. The lowest BCUT2D eigenvalue weighted by atomic mass is 9.64. The molecule has 2 fully saturated rings. The van der Waals surface area contributed by atoms with E-state index in [0.717, 1.165) is 84.0 Å². The zero-order valence-corrected chi connectivity index (χ0v) is 27.8. The summed E-state index contributed by atoms with van der Waals surface area (Å²) in [5.41, 5.74) is 3.54. The van der Waals surface area contributed by atoms with Crippen LogP contribution in [0.2, 0.25) is 0 Å². The van der Waals surface area contributed by atoms with Gasteiger partial charge in [-0.2, -0.15) is 0 Å². The first-order valence-electron chi connectivity index (χ1n) is 16.6. The van der Waals surface area contributed by atoms with Crippen LogP contribution in [0.3, 0.4) is 0 Å². The number of para-hydroxylation sites is 2. The molecule has 3 aliphatic carbocycles. The van der Waals surface area contributed by atoms with Crippen molar-refractivity contribution in [3.63, 3.8) is 0 Å². The Kier molecular flexibility index (Phi) is 9.26. The van der Waals surface area contributed by atoms with Gasteiger partial charge >= 0.3 is 0 Å². The number of piperazine rings is 1. The molecular weight excluding hydrogens is 580 g/mol. The number of aryl methyl sites for hydroxylation is 1. The monoisotopic (exact) mass is 628 g/mol. The predicted molar refractivity (Wildman–Crippen MR) is 183 cm³/mol. The highest BCUT2D eigenvalue weighted by atomic mass is 32.1. The van der Waals surface area contributed by atoms with E-state index in [-0.39, 0.29) is 11.7 Å². The minimum Gasteiger partial charge on any atom is -0.506 e. The summed E-state index contributed by atoms with van der Waals surface area (Å²) in [7, 11) is 0. The Morgan fingerprint density at radius 2 is 1.78 bits per heavy atom. The van der Waals surface area contributed by atoms with E-state index >= 15 is 0 Å². The fraction of sp³-hybridized carbons (Fsp3) is 0.500. The van der Waals surface area contributed by atoms with Gasteiger partial charge in [0.25, 0.3) is 0 Å². The molecule has 2 aromatic carbocycles. The second-order valence-electron chi connectivity index (χ2n) is 13.9. The number of aliphatic hydroxyl groups is 2. The van der Waals surface area contributed by atoms with Crippen molar-refractivity contribution >= 4 is 22.8 Å². The number of anilines is 1. The Morgan fingerprint density at radius 3 is 2.51 bits per heavy atom. The molecule has 1 saturated carbocycles. The summed E-state index contributed by atoms with van der Waals surface area (Å²) in [5.74, 6) is 0.378. The molecule has 2 bridgehead atoms. The molecule has 1 saturated heterocycles. The van der Waals surface area contributed by atoms with Crippen molar-refractivity contribution in [1.29, 1.82) is 0 Å². The first kappa shape index (κ1) is 32.0. The summed E-state index contributed by atoms with van der Waals surface area (Å²) < 4.78 is 0. The molecule has 240 valence electrons. The van der Waals surface area contributed by atoms with Gasteiger partial charge in [-0.15, -0.1) is 11.3 Å². The van der Waals surface area contributed by atoms with Crippen molar-refractivity contribution < 1.29 is 20.1 Å². The van der Waals surface area contributed by atoms with Crippen LogP contribution in [-0.4, -0.2) is 70.4 Å². The SMILES string of the molecule is CC1=CCCC2(C)C(CCC2(O)CN2CCN(c3ccccc3O)CC2)c2ccc(cc2C(=O)c2ccc(C)s2)CC(O)CC1. The third kappa shape index (κ3) is 6.50. The number of hydrogen-bond acceptors (Lipinski definition) is 7. The van der Waals surface area contributed by atoms with Crippen molar-refractivity contribution in [2.24, 2.45) is 5.41 Å². The molecule has 4 aliphatic rings. The summed E-state index contributed by atoms with van der Waals surface area (Å²) in [5, 5.41) is 34.0. The number of aliphatic hydroxyl groups excluding tert-OH is 1. The van der Waals surface area contributed by atoms with Gasteiger partial charge in [-0.25, -0.2) is 0 Å². The van der Waals surface area contributed by atoms with Crippen LogP contribution in [0.25, 0.3) is 0 Å². The number of phenolic OH excluding ortho intramolecular Hbond substituents is 1. The maximum atomic E-state index is 14.1. The zero-order valence-electron chi connectivity index (χ0n) is 27.0. The second-order valence-corrected chi connectivity index (χ2v) is 15.2. The van der Waals surface area contributed by atoms with Crippen LogP contribution in [0, 0.1) is 12.3 Å². The van der Waals surface area contributed by atoms with Crippen molar-refractivity contribution in [2.45, 2.75) is 83.3 Å². The van der Waals surface area contributed by atoms with Gasteiger partial charge in [-0.3, -0.25) is 9.69 Å². The number of thiophene rings is 1. The van der Waals surface area contributed by atoms with E-state index in [4.69, 9.17) is 0 Å². The van der Waals surface area contributed by atoms with Gasteiger partial charge in [0.05, 0.1) is 22.3 Å². The number of phenols is 1. The number of hydrogen-bond donors (Lipinski definition) is 3. The highest BCUT2D eigenvalue weighted by molar-refractivity contribution is 7.14. The number of β-amino-alcohol motifs (C(OH)–C–C–N with tert-alkyl or cyclic N) is 1. The van der Waals surface area contributed by atoms with E-state index in [1.165, 1.54) is 16.9 Å². The van der Waals surface area contributed by atoms with E-state index in [0.29, 0.717) is 31.6 Å². The fourth-order valence-corrected chi connectivity index (χ4v) is 8.96. The Hall–Kier alpha value is -2.97. The number of ketones is 1. The number of benzene rings is 2. The van der Waals surface area contributed by atoms with Crippen LogP contribution in [0.1, 0.15) is 89.5 Å². The molecule has 45 heavy (non-hydrogen) atoms. The molecule has 0 spiro atoms. The highest BCUT2D eigenvalue weighted by Gasteiger charge is 2.57. The molecule has 6 nitrogen and oxygen atoms in total. The first-order chi connectivity index (χ1) is 21.6. The van der Waals surface area contributed by atoms with Crippen molar-refractivity contribution in [3.05, 3.63) is 92.7 Å². The molecule has 2 heterocycles. The fourth-order valence-electron chi connectivity index (χ4n) is 8.13. The molecule has 0 amide bonds. The quantitative estimate of drug-likeness (QED) is 0.212. The topological polar surface area (TPSA) is 84.2 Å². The molecule has 0 radical (unpaired) electrons. The lowest BCUT2D eigenvalue weighted by molar-refractivity contribution is -0.0841. The van der Waals surface area contributed by atoms with Crippen LogP contribution < -0.4 is 4.90 Å². The van der Waals surface area contributed by atoms with Gasteiger partial charge in [-0.1, -0.05) is 42.8 Å². The van der Waals surface area contributed by atoms with Crippen molar-refractivity contribution in [2.75, 3.05) is 37.6 Å². The Balaban J connectivity index is 1.32. The Bertz CT molecular complexity index is 1560. The summed E-state index contributed by atoms with van der Waals surface area (Å²) >= 11 is 1.53. The summed E-state index contributed by atoms with van der Waals surface area (Å²) in [4.78, 5) is 20.6. The van der Waals surface area contributed by atoms with Crippen LogP contribution in [0.15, 0.2) is 66.2 Å². The van der Waals surface area contributed by atoms with Gasteiger partial charge < -0.3 is 20.2 Å². The second kappa shape index (κ2) is 13.0. The molecule has 1 aromatic heterocycles. The van der Waals surface area contributed by atoms with Gasteiger partial charge in [0.2, 0.25) is 5.78 Å². The van der Waals surface area contributed by atoms with Gasteiger partial charge in [0.15, 0.2) is 0 Å². The molecule has 4 unspecified atom stereocenters. The maximum Gasteiger partial charge on any atom is 0.203 e. The molecule has 7 heteroatoms. The van der Waals surface area contributed by atoms with E-state index in [9.17, 15) is 20.1 Å². The van der Waals surface area contributed by atoms with Crippen LogP contribution in [0.5, 0.6) is 5.75 Å². The number of fused-ring (bicyclic) bond motifs is 8. The molecule has 3 N–H and O–H groups in total. The van der Waals surface area contributed by atoms with Crippen LogP contribution in [0.4, 0.5) is 5.69 Å². The normalized spacial score (nSPS) is 28.0. The number of allylic oxidation sites excluding steroid dienone is 2. The summed E-state index contributed by atoms with van der Waals surface area (Å²) in [6, 6.07) is 17.7. The third-order valence-electron chi connectivity index (χ3n) is 11.0. The van der Waals surface area contributed by atoms with Gasteiger partial charge in [0.1, 0.15) is 5.75 Å². The Morgan fingerprint density at radius 1 is 1.00 bits per heavy atom. The van der Waals surface area contributed by atoms with Crippen LogP contribution in [-0.2, 0) is 6.42 Å². The van der Waals surface area contributed by atoms with E-state index in [1.54, 1.807) is 6.07 Å². The molecule has 3 aromatic rings. The van der Waals surface area contributed by atoms with Crippen molar-refractivity contribution in [1.82, 2.24) is 4.90 Å². The van der Waals surface area contributed by atoms with Gasteiger partial charge in [0, 0.05) is 48.6 Å². The summed E-state index contributed by atoms with van der Waals surface area (Å²) in [6.07, 6.45) is 7.06. The number of carbonyl (C=O) groups is 1. The van der Waals surface area contributed by atoms with Crippen LogP contribution >= 0.6 is 11.3 Å². The zero-order chi connectivity index (χ0) is 31.8. The number of aromatic hydroxyl groups is 1. The maximum absolute atomic E-state index is 14.1. The molecule has 4 atom stereocenters. The standard InChI is InChI=1S/C38H48N2O4S/c1-26-7-6-17-37(3)32(16-18-38(37,44)25-39-19-21-40(22-20-39)33-8-4-5-9-34(33)42)30-14-12-28(23-29(41)13-10-26)24-31(30)36(43)35-15-11-27(2)45-35/h4-5,7-9,11-12,14-15,24,29,32,41-42,44H,6,10,13,16-23,25H2,1-3H3. The molecular formula is C38H48N2O4S. The predicted octanol–water partition coefficient (Wildman–Crippen LogP) is 6.85. The lowest BCUT2D eigenvalue weighted by Gasteiger charge is -2.47. The lowest BCUT2D eigenvalue weighted by Crippen LogP contribution is -2.56. The van der Waals surface area contributed by atoms with Crippen molar-refractivity contribution in [3.8, 4) is 5.75 Å². The number of carbonyl (C=O) groups excluding carboxylic acids is 1. The third-order valence-corrected chi connectivity index (χ3v) is 12.0. The summed E-state index contributed by atoms with van der Waals surface area (Å²) in [6.45, 7) is 10.2. The number of nitrogens with zero attached hydrogens (tertiary/aromatic N) is 2. The Labute approximate surface area is 272 Å². The first-order valence-corrected chi connectivity index (χ1v) is 17.4. The molecule has 7 rings (SSSR count). The van der Waals surface area contributed by atoms with E-state index < -0.39 is 17.1 Å². The average molecular weight is 629 g/mol. The minimum absolute atomic E-state index is 0.0284. The highest BCUT2D eigenvalue weighted by Crippen LogP contribution is 2.59. The smallest absolute Gasteiger partial charge is 0.203 e. The van der Waals surface area contributed by atoms with Gasteiger partial charge in [-0.05, 0) is 106 Å².